The lowest BCUT2D eigenvalue weighted by Crippen LogP contribution is -2.27. The van der Waals surface area contributed by atoms with Crippen LogP contribution >= 0.6 is 11.6 Å². The van der Waals surface area contributed by atoms with Crippen LogP contribution in [-0.2, 0) is 10.1 Å². The zero-order valence-corrected chi connectivity index (χ0v) is 21.8. The van der Waals surface area contributed by atoms with Gasteiger partial charge in [-0.2, -0.15) is 8.78 Å². The predicted octanol–water partition coefficient (Wildman–Crippen LogP) is 9.57. The molecular weight excluding hydrogens is 476 g/mol. The highest BCUT2D eigenvalue weighted by Crippen LogP contribution is 2.44. The van der Waals surface area contributed by atoms with Gasteiger partial charge < -0.3 is 4.74 Å². The van der Waals surface area contributed by atoms with Crippen LogP contribution in [0.4, 0.5) is 17.6 Å². The second kappa shape index (κ2) is 12.2. The van der Waals surface area contributed by atoms with Crippen molar-refractivity contribution in [3.8, 4) is 0 Å². The van der Waals surface area contributed by atoms with E-state index in [9.17, 15) is 17.6 Å². The van der Waals surface area contributed by atoms with Crippen LogP contribution in [0.2, 0.25) is 0 Å². The Bertz CT molecular complexity index is 778. The van der Waals surface area contributed by atoms with Crippen molar-refractivity contribution in [1.82, 2.24) is 0 Å². The Hall–Kier alpha value is -0.810. The van der Waals surface area contributed by atoms with Crippen molar-refractivity contribution < 1.29 is 22.3 Å². The maximum absolute atomic E-state index is 14.2. The number of halogens is 5. The maximum atomic E-state index is 14.2. The third-order valence-corrected chi connectivity index (χ3v) is 9.69. The molecular formula is C29H41ClF4O. The summed E-state index contributed by atoms with van der Waals surface area (Å²) in [5.74, 6) is 1.68. The molecule has 0 aromatic heterocycles. The van der Waals surface area contributed by atoms with Gasteiger partial charge in [0, 0.05) is 13.7 Å². The topological polar surface area (TPSA) is 9.23 Å². The summed E-state index contributed by atoms with van der Waals surface area (Å²) in [7, 11) is 1.81. The molecule has 0 amide bonds. The second-order valence-corrected chi connectivity index (χ2v) is 12.1. The van der Waals surface area contributed by atoms with Crippen molar-refractivity contribution in [1.29, 1.82) is 0 Å². The first-order valence-corrected chi connectivity index (χ1v) is 14.2. The molecule has 4 rings (SSSR count). The Balaban J connectivity index is 1.16. The molecule has 198 valence electrons. The van der Waals surface area contributed by atoms with E-state index in [4.69, 9.17) is 16.3 Å². The molecule has 3 aliphatic rings. The third kappa shape index (κ3) is 7.15. The number of ether oxygens (including phenoxy) is 1. The zero-order chi connectivity index (χ0) is 25.0. The normalized spacial score (nSPS) is 32.5. The summed E-state index contributed by atoms with van der Waals surface area (Å²) in [5, 5.41) is -4.03. The van der Waals surface area contributed by atoms with Crippen molar-refractivity contribution in [2.75, 3.05) is 13.7 Å². The molecule has 0 atom stereocenters. The third-order valence-electron chi connectivity index (χ3n) is 9.50. The molecule has 0 N–H and O–H groups in total. The Morgan fingerprint density at radius 2 is 1.17 bits per heavy atom. The van der Waals surface area contributed by atoms with Crippen molar-refractivity contribution in [2.24, 2.45) is 29.6 Å². The first-order valence-electron chi connectivity index (χ1n) is 13.8. The van der Waals surface area contributed by atoms with Gasteiger partial charge in [-0.1, -0.05) is 25.7 Å². The molecule has 0 radical (unpaired) electrons. The van der Waals surface area contributed by atoms with Crippen LogP contribution in [0.3, 0.4) is 0 Å². The van der Waals surface area contributed by atoms with Crippen LogP contribution in [0.25, 0.3) is 0 Å². The molecule has 1 aromatic carbocycles. The Morgan fingerprint density at radius 1 is 0.743 bits per heavy atom. The van der Waals surface area contributed by atoms with E-state index in [0.29, 0.717) is 11.5 Å². The highest BCUT2D eigenvalue weighted by atomic mass is 35.5. The van der Waals surface area contributed by atoms with E-state index in [1.807, 2.05) is 7.11 Å². The summed E-state index contributed by atoms with van der Waals surface area (Å²) in [6.07, 6.45) is 17.3. The Kier molecular flexibility index (Phi) is 9.46. The van der Waals surface area contributed by atoms with Gasteiger partial charge in [0.25, 0.3) is 0 Å². The standard InChI is InChI=1S/C29H41ClF4O/c1-35-18-21-8-14-23(15-9-21)22-10-4-19(5-11-22)2-3-20-6-12-24(13-7-20)25-16-26(31)28(27(32)17-25)29(30,33)34/h16-17,19-24H,2-15,18H2,1H3. The van der Waals surface area contributed by atoms with Gasteiger partial charge in [0.2, 0.25) is 0 Å². The number of methoxy groups -OCH3 is 1. The second-order valence-electron chi connectivity index (χ2n) is 11.7. The molecule has 0 heterocycles. The monoisotopic (exact) mass is 516 g/mol. The zero-order valence-electron chi connectivity index (χ0n) is 21.0. The predicted molar refractivity (Wildman–Crippen MR) is 133 cm³/mol. The largest absolute Gasteiger partial charge is 0.384 e. The quantitative estimate of drug-likeness (QED) is 0.247. The van der Waals surface area contributed by atoms with E-state index in [1.165, 1.54) is 64.2 Å². The lowest BCUT2D eigenvalue weighted by molar-refractivity contribution is 0.0857. The SMILES string of the molecule is COCC1CCC(C2CCC(CCC3CCC(c4cc(F)c(C(F)(F)Cl)c(F)c4)CC3)CC2)CC1. The van der Waals surface area contributed by atoms with Crippen molar-refractivity contribution >= 4 is 11.6 Å². The van der Waals surface area contributed by atoms with Crippen LogP contribution in [0.1, 0.15) is 107 Å². The van der Waals surface area contributed by atoms with Crippen molar-refractivity contribution in [2.45, 2.75) is 101 Å². The highest BCUT2D eigenvalue weighted by Gasteiger charge is 2.36. The fraction of sp³-hybridized carbons (Fsp3) is 0.793. The van der Waals surface area contributed by atoms with E-state index in [1.54, 1.807) is 0 Å². The van der Waals surface area contributed by atoms with E-state index in [0.717, 1.165) is 68.1 Å². The van der Waals surface area contributed by atoms with Gasteiger partial charge >= 0.3 is 5.38 Å². The molecule has 0 spiro atoms. The summed E-state index contributed by atoms with van der Waals surface area (Å²) in [6.45, 7) is 0.925. The number of benzene rings is 1. The molecule has 3 saturated carbocycles. The smallest absolute Gasteiger partial charge is 0.353 e. The minimum atomic E-state index is -4.03. The molecule has 0 saturated heterocycles. The molecule has 1 aromatic rings. The van der Waals surface area contributed by atoms with Crippen LogP contribution in [0.15, 0.2) is 12.1 Å². The van der Waals surface area contributed by atoms with Gasteiger partial charge in [0.1, 0.15) is 17.2 Å². The average Bonchev–Trinajstić information content (AvgIpc) is 2.83. The summed E-state index contributed by atoms with van der Waals surface area (Å²) in [4.78, 5) is 0. The Morgan fingerprint density at radius 3 is 1.60 bits per heavy atom. The number of alkyl halides is 3. The van der Waals surface area contributed by atoms with Crippen molar-refractivity contribution in [3.05, 3.63) is 34.9 Å². The number of rotatable bonds is 8. The van der Waals surface area contributed by atoms with Gasteiger partial charge in [-0.3, -0.25) is 0 Å². The molecule has 0 unspecified atom stereocenters. The summed E-state index contributed by atoms with van der Waals surface area (Å²) in [5.41, 5.74) is -0.859. The molecule has 0 bridgehead atoms. The van der Waals surface area contributed by atoms with Gasteiger partial charge in [-0.25, -0.2) is 8.78 Å². The van der Waals surface area contributed by atoms with Crippen molar-refractivity contribution in [3.63, 3.8) is 0 Å². The molecule has 3 aliphatic carbocycles. The fourth-order valence-corrected chi connectivity index (χ4v) is 7.55. The van der Waals surface area contributed by atoms with Crippen LogP contribution < -0.4 is 0 Å². The highest BCUT2D eigenvalue weighted by molar-refractivity contribution is 6.21. The summed E-state index contributed by atoms with van der Waals surface area (Å²) >= 11 is 4.87. The molecule has 6 heteroatoms. The first kappa shape index (κ1) is 27.2. The molecule has 0 aliphatic heterocycles. The van der Waals surface area contributed by atoms with Gasteiger partial charge in [0.05, 0.1) is 0 Å². The van der Waals surface area contributed by atoms with E-state index in [-0.39, 0.29) is 5.92 Å². The van der Waals surface area contributed by atoms with Crippen LogP contribution in [-0.4, -0.2) is 13.7 Å². The minimum Gasteiger partial charge on any atom is -0.384 e. The number of hydrogen-bond acceptors (Lipinski definition) is 1. The van der Waals surface area contributed by atoms with E-state index in [2.05, 4.69) is 0 Å². The van der Waals surface area contributed by atoms with E-state index >= 15 is 0 Å². The van der Waals surface area contributed by atoms with Crippen LogP contribution in [0.5, 0.6) is 0 Å². The molecule has 1 nitrogen and oxygen atoms in total. The lowest BCUT2D eigenvalue weighted by atomic mass is 9.68. The van der Waals surface area contributed by atoms with Gasteiger partial charge in [0.15, 0.2) is 0 Å². The Labute approximate surface area is 213 Å². The number of hydrogen-bond donors (Lipinski definition) is 0. The summed E-state index contributed by atoms with van der Waals surface area (Å²) < 4.78 is 60.2. The first-order chi connectivity index (χ1) is 16.7. The lowest BCUT2D eigenvalue weighted by Gasteiger charge is -2.38. The maximum Gasteiger partial charge on any atom is 0.353 e. The van der Waals surface area contributed by atoms with Crippen LogP contribution in [0, 0.1) is 41.2 Å². The fourth-order valence-electron chi connectivity index (χ4n) is 7.37. The minimum absolute atomic E-state index is 0.0302. The molecule has 3 fully saturated rings. The van der Waals surface area contributed by atoms with E-state index < -0.39 is 22.6 Å². The van der Waals surface area contributed by atoms with Gasteiger partial charge in [-0.15, -0.1) is 0 Å². The summed E-state index contributed by atoms with van der Waals surface area (Å²) in [6, 6.07) is 2.12. The average molecular weight is 517 g/mol. The van der Waals surface area contributed by atoms with Gasteiger partial charge in [-0.05, 0) is 129 Å². The molecule has 35 heavy (non-hydrogen) atoms.